The number of piperidine rings is 1. The number of carbonyl (C=O) groups is 1. The summed E-state index contributed by atoms with van der Waals surface area (Å²) < 4.78 is 3.59. The first-order chi connectivity index (χ1) is 13.2. The third-order valence-electron chi connectivity index (χ3n) is 6.63. The van der Waals surface area contributed by atoms with Gasteiger partial charge < -0.3 is 9.47 Å². The number of hydrogen-bond donors (Lipinski definition) is 0. The van der Waals surface area contributed by atoms with E-state index >= 15 is 0 Å². The summed E-state index contributed by atoms with van der Waals surface area (Å²) in [4.78, 5) is 28.0. The van der Waals surface area contributed by atoms with Crippen molar-refractivity contribution in [2.45, 2.75) is 56.5 Å². The van der Waals surface area contributed by atoms with E-state index in [0.717, 1.165) is 44.2 Å². The van der Waals surface area contributed by atoms with Crippen LogP contribution in [0.3, 0.4) is 0 Å². The molecule has 1 saturated carbocycles. The van der Waals surface area contributed by atoms with Gasteiger partial charge in [-0.05, 0) is 41.7 Å². The Hall–Kier alpha value is -2.51. The molecule has 1 amide bonds. The first-order valence-corrected chi connectivity index (χ1v) is 9.90. The van der Waals surface area contributed by atoms with Crippen LogP contribution in [-0.2, 0) is 16.9 Å². The molecule has 5 rings (SSSR count). The van der Waals surface area contributed by atoms with Crippen LogP contribution in [0, 0.1) is 5.92 Å². The second-order valence-corrected chi connectivity index (χ2v) is 8.25. The first kappa shape index (κ1) is 16.6. The summed E-state index contributed by atoms with van der Waals surface area (Å²) >= 11 is 0. The van der Waals surface area contributed by atoms with Gasteiger partial charge in [0.25, 0.3) is 11.5 Å². The number of amides is 1. The lowest BCUT2D eigenvalue weighted by molar-refractivity contribution is -0.146. The predicted octanol–water partition coefficient (Wildman–Crippen LogP) is 1.14. The van der Waals surface area contributed by atoms with Gasteiger partial charge in [0.1, 0.15) is 11.9 Å². The van der Waals surface area contributed by atoms with Gasteiger partial charge >= 0.3 is 0 Å². The SMILES string of the molecule is O=C(N1C[C@H]2C[C@@H](C1)c1cccc(=O)n1C2)C1(n2cnnn2)CCCCC1. The number of fused-ring (bicyclic) bond motifs is 4. The summed E-state index contributed by atoms with van der Waals surface area (Å²) in [6, 6.07) is 5.50. The Kier molecular flexibility index (Phi) is 3.87. The van der Waals surface area contributed by atoms with E-state index in [-0.39, 0.29) is 17.4 Å². The number of aromatic nitrogens is 5. The fraction of sp³-hybridized carbons (Fsp3) is 0.632. The van der Waals surface area contributed by atoms with E-state index in [4.69, 9.17) is 0 Å². The highest BCUT2D eigenvalue weighted by molar-refractivity contribution is 5.84. The van der Waals surface area contributed by atoms with Crippen LogP contribution >= 0.6 is 0 Å². The summed E-state index contributed by atoms with van der Waals surface area (Å²) in [6.45, 7) is 2.08. The highest BCUT2D eigenvalue weighted by Crippen LogP contribution is 2.40. The van der Waals surface area contributed by atoms with E-state index < -0.39 is 5.54 Å². The van der Waals surface area contributed by atoms with Crippen molar-refractivity contribution in [3.63, 3.8) is 0 Å². The quantitative estimate of drug-likeness (QED) is 0.793. The number of hydrogen-bond acceptors (Lipinski definition) is 5. The standard InChI is InChI=1S/C19H24N6O2/c26-17-6-4-5-16-15-9-14(11-24(16)17)10-23(12-15)18(27)19(7-2-1-3-8-19)25-13-20-21-22-25/h4-6,13-15H,1-3,7-12H2/t14-,15+/m1/s1. The van der Waals surface area contributed by atoms with Gasteiger partial charge in [-0.2, -0.15) is 0 Å². The number of pyridine rings is 1. The Bertz CT molecular complexity index is 899. The van der Waals surface area contributed by atoms with Crippen molar-refractivity contribution in [1.29, 1.82) is 0 Å². The van der Waals surface area contributed by atoms with E-state index in [0.29, 0.717) is 25.6 Å². The molecule has 0 N–H and O–H groups in total. The minimum atomic E-state index is -0.649. The lowest BCUT2D eigenvalue weighted by Crippen LogP contribution is -2.57. The largest absolute Gasteiger partial charge is 0.340 e. The topological polar surface area (TPSA) is 85.9 Å². The smallest absolute Gasteiger partial charge is 0.250 e. The van der Waals surface area contributed by atoms with Gasteiger partial charge in [0.2, 0.25) is 0 Å². The van der Waals surface area contributed by atoms with Crippen LogP contribution in [0.5, 0.6) is 0 Å². The molecule has 4 heterocycles. The first-order valence-electron chi connectivity index (χ1n) is 9.90. The number of carbonyl (C=O) groups excluding carboxylic acids is 1. The van der Waals surface area contributed by atoms with Crippen LogP contribution in [0.1, 0.15) is 50.1 Å². The van der Waals surface area contributed by atoms with E-state index in [1.54, 1.807) is 17.1 Å². The van der Waals surface area contributed by atoms with Crippen LogP contribution in [0.25, 0.3) is 0 Å². The predicted molar refractivity (Wildman–Crippen MR) is 97.0 cm³/mol. The maximum Gasteiger partial charge on any atom is 0.250 e. The third-order valence-corrected chi connectivity index (χ3v) is 6.63. The highest BCUT2D eigenvalue weighted by Gasteiger charge is 2.47. The fourth-order valence-corrected chi connectivity index (χ4v) is 5.39. The Balaban J connectivity index is 1.47. The third kappa shape index (κ3) is 2.61. The average molecular weight is 368 g/mol. The van der Waals surface area contributed by atoms with Crippen molar-refractivity contribution in [1.82, 2.24) is 29.7 Å². The van der Waals surface area contributed by atoms with Gasteiger partial charge in [-0.1, -0.05) is 25.3 Å². The Labute approximate surface area is 157 Å². The monoisotopic (exact) mass is 368 g/mol. The minimum Gasteiger partial charge on any atom is -0.340 e. The summed E-state index contributed by atoms with van der Waals surface area (Å²) in [5.74, 6) is 0.704. The van der Waals surface area contributed by atoms with Crippen molar-refractivity contribution in [2.75, 3.05) is 13.1 Å². The van der Waals surface area contributed by atoms with Gasteiger partial charge in [0, 0.05) is 37.3 Å². The molecule has 3 aliphatic rings. The summed E-state index contributed by atoms with van der Waals surface area (Å²) in [6.07, 6.45) is 7.40. The molecule has 0 aromatic carbocycles. The van der Waals surface area contributed by atoms with Crippen molar-refractivity contribution < 1.29 is 4.79 Å². The summed E-state index contributed by atoms with van der Waals surface area (Å²) in [7, 11) is 0. The van der Waals surface area contributed by atoms with Crippen LogP contribution < -0.4 is 5.56 Å². The molecule has 2 aromatic heterocycles. The zero-order valence-electron chi connectivity index (χ0n) is 15.3. The summed E-state index contributed by atoms with van der Waals surface area (Å²) in [5, 5.41) is 11.7. The molecule has 8 heteroatoms. The molecule has 2 aromatic rings. The minimum absolute atomic E-state index is 0.0689. The summed E-state index contributed by atoms with van der Waals surface area (Å²) in [5.41, 5.74) is 0.486. The van der Waals surface area contributed by atoms with Crippen LogP contribution in [0.4, 0.5) is 0 Å². The van der Waals surface area contributed by atoms with Gasteiger partial charge in [0.15, 0.2) is 0 Å². The molecule has 8 nitrogen and oxygen atoms in total. The van der Waals surface area contributed by atoms with Crippen molar-refractivity contribution >= 4 is 5.91 Å². The van der Waals surface area contributed by atoms with Crippen molar-refractivity contribution in [3.8, 4) is 0 Å². The van der Waals surface area contributed by atoms with E-state index in [1.807, 2.05) is 21.6 Å². The number of tetrazole rings is 1. The van der Waals surface area contributed by atoms with Gasteiger partial charge in [-0.15, -0.1) is 5.10 Å². The molecule has 0 unspecified atom stereocenters. The molecule has 2 fully saturated rings. The molecule has 142 valence electrons. The zero-order valence-corrected chi connectivity index (χ0v) is 15.3. The lowest BCUT2D eigenvalue weighted by Gasteiger charge is -2.46. The molecule has 2 bridgehead atoms. The second kappa shape index (κ2) is 6.28. The number of likely N-dealkylation sites (tertiary alicyclic amines) is 1. The van der Waals surface area contributed by atoms with Gasteiger partial charge in [-0.25, -0.2) is 4.68 Å². The molecule has 27 heavy (non-hydrogen) atoms. The Morgan fingerprint density at radius 3 is 2.74 bits per heavy atom. The lowest BCUT2D eigenvalue weighted by atomic mass is 9.78. The van der Waals surface area contributed by atoms with Crippen LogP contribution in [0.2, 0.25) is 0 Å². The number of rotatable bonds is 2. The van der Waals surface area contributed by atoms with Crippen molar-refractivity contribution in [3.05, 3.63) is 40.6 Å². The molecular formula is C19H24N6O2. The normalized spacial score (nSPS) is 26.4. The molecule has 0 radical (unpaired) electrons. The average Bonchev–Trinajstić information content (AvgIpc) is 3.24. The zero-order chi connectivity index (χ0) is 18.4. The Morgan fingerprint density at radius 2 is 1.96 bits per heavy atom. The Morgan fingerprint density at radius 1 is 1.11 bits per heavy atom. The maximum atomic E-state index is 13.7. The van der Waals surface area contributed by atoms with E-state index in [1.165, 1.54) is 0 Å². The molecular weight excluding hydrogens is 344 g/mol. The second-order valence-electron chi connectivity index (χ2n) is 8.25. The fourth-order valence-electron chi connectivity index (χ4n) is 5.39. The van der Waals surface area contributed by atoms with Crippen LogP contribution in [0.15, 0.2) is 29.3 Å². The highest BCUT2D eigenvalue weighted by atomic mass is 16.2. The molecule has 2 aliphatic heterocycles. The molecule has 1 saturated heterocycles. The van der Waals surface area contributed by atoms with E-state index in [2.05, 4.69) is 15.5 Å². The van der Waals surface area contributed by atoms with Crippen molar-refractivity contribution in [2.24, 2.45) is 5.92 Å². The maximum absolute atomic E-state index is 13.7. The molecule has 0 spiro atoms. The molecule has 1 aliphatic carbocycles. The number of nitrogens with zero attached hydrogens (tertiary/aromatic N) is 6. The molecule has 2 atom stereocenters. The van der Waals surface area contributed by atoms with Gasteiger partial charge in [0.05, 0.1) is 0 Å². The van der Waals surface area contributed by atoms with Gasteiger partial charge in [-0.3, -0.25) is 9.59 Å². The van der Waals surface area contributed by atoms with E-state index in [9.17, 15) is 9.59 Å². The van der Waals surface area contributed by atoms with Crippen LogP contribution in [-0.4, -0.2) is 48.7 Å².